The van der Waals surface area contributed by atoms with Crippen LogP contribution >= 0.6 is 23.5 Å². The Hall–Kier alpha value is -0.560. The van der Waals surface area contributed by atoms with Gasteiger partial charge in [-0.3, -0.25) is 4.90 Å². The zero-order chi connectivity index (χ0) is 15.0. The molecule has 0 aromatic rings. The van der Waals surface area contributed by atoms with Crippen molar-refractivity contribution in [2.24, 2.45) is 0 Å². The van der Waals surface area contributed by atoms with Crippen molar-refractivity contribution in [1.29, 1.82) is 0 Å². The lowest BCUT2D eigenvalue weighted by Crippen LogP contribution is -2.50. The van der Waals surface area contributed by atoms with Gasteiger partial charge in [0.25, 0.3) is 0 Å². The lowest BCUT2D eigenvalue weighted by molar-refractivity contribution is -0.141. The molecule has 1 aliphatic heterocycles. The van der Waals surface area contributed by atoms with Crippen LogP contribution in [0.3, 0.4) is 0 Å². The number of hydrogen-bond acceptors (Lipinski definition) is 4. The standard InChI is InChI=1S/C13H24N2O3S2/c1-3-6-11-15(10(9-20-11)12(16)17)13(18)14-7-4-5-8-19-2/h10-11H,3-9H2,1-2H3,(H,14,18)(H,16,17). The van der Waals surface area contributed by atoms with Crippen molar-refractivity contribution >= 4 is 35.5 Å². The molecule has 0 radical (unpaired) electrons. The minimum absolute atomic E-state index is 0.00713. The van der Waals surface area contributed by atoms with E-state index in [4.69, 9.17) is 0 Å². The molecular weight excluding hydrogens is 296 g/mol. The molecular formula is C13H24N2O3S2. The molecule has 7 heteroatoms. The third-order valence-corrected chi connectivity index (χ3v) is 5.25. The van der Waals surface area contributed by atoms with E-state index in [0.717, 1.165) is 31.4 Å². The van der Waals surface area contributed by atoms with Crippen LogP contribution in [0.25, 0.3) is 0 Å². The van der Waals surface area contributed by atoms with Crippen molar-refractivity contribution in [3.8, 4) is 0 Å². The van der Waals surface area contributed by atoms with Gasteiger partial charge in [-0.1, -0.05) is 13.3 Å². The number of nitrogens with one attached hydrogen (secondary N) is 1. The van der Waals surface area contributed by atoms with Crippen LogP contribution in [0.1, 0.15) is 32.6 Å². The highest BCUT2D eigenvalue weighted by Crippen LogP contribution is 2.32. The van der Waals surface area contributed by atoms with Crippen LogP contribution in [0.2, 0.25) is 0 Å². The van der Waals surface area contributed by atoms with Crippen LogP contribution in [-0.2, 0) is 4.79 Å². The van der Waals surface area contributed by atoms with Crippen LogP contribution in [0, 0.1) is 0 Å². The number of carbonyl (C=O) groups is 2. The van der Waals surface area contributed by atoms with Crippen molar-refractivity contribution in [3.05, 3.63) is 0 Å². The smallest absolute Gasteiger partial charge is 0.327 e. The first kappa shape index (κ1) is 17.5. The molecule has 2 amide bonds. The Labute approximate surface area is 129 Å². The molecule has 2 unspecified atom stereocenters. The van der Waals surface area contributed by atoms with Crippen molar-refractivity contribution in [3.63, 3.8) is 0 Å². The highest BCUT2D eigenvalue weighted by molar-refractivity contribution is 8.00. The number of nitrogens with zero attached hydrogens (tertiary/aromatic N) is 1. The van der Waals surface area contributed by atoms with E-state index in [1.807, 2.05) is 6.92 Å². The fourth-order valence-electron chi connectivity index (χ4n) is 2.15. The van der Waals surface area contributed by atoms with E-state index < -0.39 is 12.0 Å². The Morgan fingerprint density at radius 3 is 2.80 bits per heavy atom. The summed E-state index contributed by atoms with van der Waals surface area (Å²) in [5, 5.41) is 12.1. The first-order chi connectivity index (χ1) is 9.61. The number of carboxylic acids is 1. The van der Waals surface area contributed by atoms with Crippen LogP contribution in [-0.4, -0.2) is 57.7 Å². The molecule has 1 fully saturated rings. The highest BCUT2D eigenvalue weighted by atomic mass is 32.2. The number of carbonyl (C=O) groups excluding carboxylic acids is 1. The summed E-state index contributed by atoms with van der Waals surface area (Å²) in [5.74, 6) is 0.666. The van der Waals surface area contributed by atoms with E-state index >= 15 is 0 Å². The van der Waals surface area contributed by atoms with Crippen molar-refractivity contribution < 1.29 is 14.7 Å². The third-order valence-electron chi connectivity index (χ3n) is 3.20. The Kier molecular flexibility index (Phi) is 8.21. The van der Waals surface area contributed by atoms with Gasteiger partial charge in [-0.05, 0) is 31.3 Å². The Morgan fingerprint density at radius 2 is 2.20 bits per heavy atom. The molecule has 116 valence electrons. The summed E-state index contributed by atoms with van der Waals surface area (Å²) in [7, 11) is 0. The summed E-state index contributed by atoms with van der Waals surface area (Å²) in [4.78, 5) is 25.0. The number of amides is 2. The number of hydrogen-bond donors (Lipinski definition) is 2. The quantitative estimate of drug-likeness (QED) is 0.672. The third kappa shape index (κ3) is 5.09. The largest absolute Gasteiger partial charge is 0.480 e. The van der Waals surface area contributed by atoms with Gasteiger partial charge in [0.2, 0.25) is 0 Å². The second kappa shape index (κ2) is 9.39. The fourth-order valence-corrected chi connectivity index (χ4v) is 4.16. The molecule has 1 rings (SSSR count). The average molecular weight is 320 g/mol. The van der Waals surface area contributed by atoms with E-state index in [9.17, 15) is 14.7 Å². The molecule has 0 aromatic carbocycles. The van der Waals surface area contributed by atoms with Crippen molar-refractivity contribution in [1.82, 2.24) is 10.2 Å². The van der Waals surface area contributed by atoms with Gasteiger partial charge in [-0.2, -0.15) is 11.8 Å². The second-order valence-electron chi connectivity index (χ2n) is 4.77. The maximum atomic E-state index is 12.2. The SMILES string of the molecule is CCCC1SCC(C(=O)O)N1C(=O)NCCCCSC. The van der Waals surface area contributed by atoms with Gasteiger partial charge in [-0.25, -0.2) is 9.59 Å². The van der Waals surface area contributed by atoms with Gasteiger partial charge < -0.3 is 10.4 Å². The van der Waals surface area contributed by atoms with Gasteiger partial charge in [0.1, 0.15) is 6.04 Å². The summed E-state index contributed by atoms with van der Waals surface area (Å²) in [6.07, 6.45) is 5.85. The number of aliphatic carboxylic acids is 1. The summed E-state index contributed by atoms with van der Waals surface area (Å²) >= 11 is 3.36. The molecule has 5 nitrogen and oxygen atoms in total. The molecule has 2 N–H and O–H groups in total. The molecule has 0 saturated carbocycles. The summed E-state index contributed by atoms with van der Waals surface area (Å²) < 4.78 is 0. The van der Waals surface area contributed by atoms with E-state index in [1.165, 1.54) is 4.90 Å². The first-order valence-electron chi connectivity index (χ1n) is 7.01. The van der Waals surface area contributed by atoms with Crippen LogP contribution in [0.15, 0.2) is 0 Å². The molecule has 0 bridgehead atoms. The van der Waals surface area contributed by atoms with Crippen molar-refractivity contribution in [2.75, 3.05) is 24.3 Å². The van der Waals surface area contributed by atoms with Gasteiger partial charge >= 0.3 is 12.0 Å². The van der Waals surface area contributed by atoms with Gasteiger partial charge in [0, 0.05) is 12.3 Å². The molecule has 0 aromatic heterocycles. The van der Waals surface area contributed by atoms with Gasteiger partial charge in [-0.15, -0.1) is 11.8 Å². The lowest BCUT2D eigenvalue weighted by atomic mass is 10.2. The van der Waals surface area contributed by atoms with Crippen LogP contribution in [0.5, 0.6) is 0 Å². The Balaban J connectivity index is 2.49. The molecule has 0 aliphatic carbocycles. The fraction of sp³-hybridized carbons (Fsp3) is 0.846. The second-order valence-corrected chi connectivity index (χ2v) is 6.97. The summed E-state index contributed by atoms with van der Waals surface area (Å²) in [6.45, 7) is 2.67. The maximum absolute atomic E-state index is 12.2. The maximum Gasteiger partial charge on any atom is 0.327 e. The normalized spacial score (nSPS) is 22.0. The van der Waals surface area contributed by atoms with Crippen LogP contribution in [0.4, 0.5) is 4.79 Å². The minimum atomic E-state index is -0.909. The number of unbranched alkanes of at least 4 members (excludes halogenated alkanes) is 1. The van der Waals surface area contributed by atoms with E-state index in [2.05, 4.69) is 11.6 Å². The topological polar surface area (TPSA) is 69.6 Å². The number of urea groups is 1. The monoisotopic (exact) mass is 320 g/mol. The number of rotatable bonds is 8. The summed E-state index contributed by atoms with van der Waals surface area (Å²) in [5.41, 5.74) is 0. The predicted octanol–water partition coefficient (Wildman–Crippen LogP) is 2.47. The molecule has 1 aliphatic rings. The minimum Gasteiger partial charge on any atom is -0.480 e. The van der Waals surface area contributed by atoms with E-state index in [-0.39, 0.29) is 11.4 Å². The highest BCUT2D eigenvalue weighted by Gasteiger charge is 2.40. The number of thioether (sulfide) groups is 2. The molecule has 1 heterocycles. The summed E-state index contributed by atoms with van der Waals surface area (Å²) in [6, 6.07) is -0.923. The van der Waals surface area contributed by atoms with E-state index in [1.54, 1.807) is 23.5 Å². The van der Waals surface area contributed by atoms with Gasteiger partial charge in [0.05, 0.1) is 5.37 Å². The number of carboxylic acid groups (broad SMARTS) is 1. The Bertz CT molecular complexity index is 329. The average Bonchev–Trinajstić information content (AvgIpc) is 2.83. The Morgan fingerprint density at radius 1 is 1.45 bits per heavy atom. The van der Waals surface area contributed by atoms with Crippen molar-refractivity contribution in [2.45, 2.75) is 44.0 Å². The van der Waals surface area contributed by atoms with Crippen LogP contribution < -0.4 is 5.32 Å². The molecule has 1 saturated heterocycles. The predicted molar refractivity (Wildman–Crippen MR) is 85.4 cm³/mol. The zero-order valence-corrected chi connectivity index (χ0v) is 13.8. The van der Waals surface area contributed by atoms with E-state index in [0.29, 0.717) is 12.3 Å². The molecule has 0 spiro atoms. The molecule has 20 heavy (non-hydrogen) atoms. The lowest BCUT2D eigenvalue weighted by Gasteiger charge is -2.27. The first-order valence-corrected chi connectivity index (χ1v) is 9.45. The molecule has 2 atom stereocenters. The zero-order valence-electron chi connectivity index (χ0n) is 12.1. The van der Waals surface area contributed by atoms with Gasteiger partial charge in [0.15, 0.2) is 0 Å².